The average molecular weight is 506 g/mol. The van der Waals surface area contributed by atoms with Gasteiger partial charge in [0.15, 0.2) is 0 Å². The second-order valence-corrected chi connectivity index (χ2v) is 11.4. The highest BCUT2D eigenvalue weighted by atomic mass is 14.9. The molecule has 208 valence electrons. The van der Waals surface area contributed by atoms with E-state index in [9.17, 15) is 0 Å². The van der Waals surface area contributed by atoms with Crippen molar-refractivity contribution in [2.24, 2.45) is 0 Å². The molecule has 1 heteroatoms. The van der Waals surface area contributed by atoms with Crippen LogP contribution in [0.2, 0.25) is 0 Å². The van der Waals surface area contributed by atoms with Crippen LogP contribution in [0.4, 0.5) is 11.4 Å². The predicted octanol–water partition coefficient (Wildman–Crippen LogP) is 12.1. The maximum absolute atomic E-state index is 3.70. The zero-order chi connectivity index (χ0) is 26.4. The summed E-state index contributed by atoms with van der Waals surface area (Å²) in [7, 11) is 0. The van der Waals surface area contributed by atoms with Gasteiger partial charge in [0.2, 0.25) is 0 Å². The molecule has 2 rings (SSSR count). The molecule has 0 atom stereocenters. The number of benzene rings is 2. The smallest absolute Gasteiger partial charge is 0.0387 e. The van der Waals surface area contributed by atoms with Crippen molar-refractivity contribution in [3.05, 3.63) is 59.2 Å². The van der Waals surface area contributed by atoms with Crippen molar-refractivity contribution in [3.63, 3.8) is 0 Å². The Morgan fingerprint density at radius 1 is 0.405 bits per heavy atom. The van der Waals surface area contributed by atoms with Crippen LogP contribution in [-0.4, -0.2) is 0 Å². The molecule has 0 saturated carbocycles. The number of anilines is 2. The molecule has 2 aromatic carbocycles. The Bertz CT molecular complexity index is 791. The largest absolute Gasteiger partial charge is 0.356 e. The summed E-state index contributed by atoms with van der Waals surface area (Å²) in [5.41, 5.74) is 7.09. The van der Waals surface area contributed by atoms with Crippen LogP contribution in [0.3, 0.4) is 0 Å². The van der Waals surface area contributed by atoms with Crippen LogP contribution in [0.15, 0.2) is 42.5 Å². The SMILES string of the molecule is CCCCCCCCc1ccc(Nc2ccc(CCCCCCCC)c(CCCCCCCC)c2)cc1. The standard InChI is InChI=1S/C36H59N/c1-4-7-10-13-16-19-22-32-25-28-35(29-26-32)37-36-30-27-33(23-20-17-14-11-8-5-2)34(31-36)24-21-18-15-12-9-6-3/h25-31,37H,4-24H2,1-3H3. The number of rotatable bonds is 23. The number of hydrogen-bond acceptors (Lipinski definition) is 1. The lowest BCUT2D eigenvalue weighted by atomic mass is 9.95. The van der Waals surface area contributed by atoms with Crippen molar-refractivity contribution in [2.75, 3.05) is 5.32 Å². The van der Waals surface area contributed by atoms with Crippen LogP contribution in [0.5, 0.6) is 0 Å². The molecule has 0 aromatic heterocycles. The first-order valence-electron chi connectivity index (χ1n) is 16.2. The molecular formula is C36H59N. The molecule has 0 amide bonds. The fourth-order valence-electron chi connectivity index (χ4n) is 5.40. The van der Waals surface area contributed by atoms with E-state index in [1.807, 2.05) is 0 Å². The molecule has 0 aliphatic carbocycles. The Labute approximate surface area is 231 Å². The highest BCUT2D eigenvalue weighted by Crippen LogP contribution is 2.24. The van der Waals surface area contributed by atoms with Crippen molar-refractivity contribution in [2.45, 2.75) is 156 Å². The van der Waals surface area contributed by atoms with E-state index < -0.39 is 0 Å². The molecule has 0 bridgehead atoms. The summed E-state index contributed by atoms with van der Waals surface area (Å²) in [4.78, 5) is 0. The maximum atomic E-state index is 3.70. The van der Waals surface area contributed by atoms with E-state index in [1.54, 1.807) is 11.1 Å². The van der Waals surface area contributed by atoms with E-state index in [2.05, 4.69) is 68.6 Å². The summed E-state index contributed by atoms with van der Waals surface area (Å²) < 4.78 is 0. The van der Waals surface area contributed by atoms with Crippen LogP contribution in [0.25, 0.3) is 0 Å². The first kappa shape index (κ1) is 31.5. The molecule has 2 aromatic rings. The Hall–Kier alpha value is -1.76. The molecule has 1 N–H and O–H groups in total. The van der Waals surface area contributed by atoms with Crippen LogP contribution < -0.4 is 5.32 Å². The molecule has 0 heterocycles. The summed E-state index contributed by atoms with van der Waals surface area (Å²) >= 11 is 0. The Kier molecular flexibility index (Phi) is 18.0. The lowest BCUT2D eigenvalue weighted by Crippen LogP contribution is -1.99. The molecule has 0 radical (unpaired) electrons. The zero-order valence-electron chi connectivity index (χ0n) is 24.9. The van der Waals surface area contributed by atoms with Gasteiger partial charge in [-0.1, -0.05) is 135 Å². The topological polar surface area (TPSA) is 12.0 Å². The van der Waals surface area contributed by atoms with E-state index in [4.69, 9.17) is 0 Å². The van der Waals surface area contributed by atoms with Crippen molar-refractivity contribution in [1.29, 1.82) is 0 Å². The summed E-state index contributed by atoms with van der Waals surface area (Å²) in [5.74, 6) is 0. The molecule has 0 unspecified atom stereocenters. The van der Waals surface area contributed by atoms with Crippen molar-refractivity contribution < 1.29 is 0 Å². The molecule has 0 spiro atoms. The quantitative estimate of drug-likeness (QED) is 0.148. The minimum absolute atomic E-state index is 1.21. The van der Waals surface area contributed by atoms with E-state index in [-0.39, 0.29) is 0 Å². The van der Waals surface area contributed by atoms with Crippen molar-refractivity contribution in [1.82, 2.24) is 0 Å². The summed E-state index contributed by atoms with van der Waals surface area (Å²) in [6, 6.07) is 16.3. The number of unbranched alkanes of at least 4 members (excludes halogenated alkanes) is 15. The van der Waals surface area contributed by atoms with Gasteiger partial charge in [-0.15, -0.1) is 0 Å². The second kappa shape index (κ2) is 21.2. The summed E-state index contributed by atoms with van der Waals surface area (Å²) in [6.07, 6.45) is 28.3. The van der Waals surface area contributed by atoms with E-state index in [1.165, 1.54) is 152 Å². The lowest BCUT2D eigenvalue weighted by Gasteiger charge is -2.14. The first-order chi connectivity index (χ1) is 18.3. The highest BCUT2D eigenvalue weighted by molar-refractivity contribution is 5.61. The summed E-state index contributed by atoms with van der Waals surface area (Å²) in [5, 5.41) is 3.70. The Morgan fingerprint density at radius 2 is 0.838 bits per heavy atom. The van der Waals surface area contributed by atoms with Crippen LogP contribution in [-0.2, 0) is 19.3 Å². The van der Waals surface area contributed by atoms with Gasteiger partial charge < -0.3 is 5.32 Å². The van der Waals surface area contributed by atoms with Gasteiger partial charge in [0, 0.05) is 11.4 Å². The maximum Gasteiger partial charge on any atom is 0.0387 e. The number of aryl methyl sites for hydroxylation is 3. The molecule has 0 fully saturated rings. The minimum Gasteiger partial charge on any atom is -0.356 e. The van der Waals surface area contributed by atoms with Crippen LogP contribution >= 0.6 is 0 Å². The zero-order valence-corrected chi connectivity index (χ0v) is 24.9. The third-order valence-electron chi connectivity index (χ3n) is 7.87. The van der Waals surface area contributed by atoms with Gasteiger partial charge in [-0.25, -0.2) is 0 Å². The molecule has 37 heavy (non-hydrogen) atoms. The minimum atomic E-state index is 1.21. The third-order valence-corrected chi connectivity index (χ3v) is 7.87. The fraction of sp³-hybridized carbons (Fsp3) is 0.667. The highest BCUT2D eigenvalue weighted by Gasteiger charge is 2.06. The molecular weight excluding hydrogens is 446 g/mol. The molecule has 0 aliphatic heterocycles. The Morgan fingerprint density at radius 3 is 1.38 bits per heavy atom. The van der Waals surface area contributed by atoms with Crippen LogP contribution in [0, 0.1) is 0 Å². The van der Waals surface area contributed by atoms with Gasteiger partial charge in [-0.2, -0.15) is 0 Å². The molecule has 0 saturated heterocycles. The van der Waals surface area contributed by atoms with Gasteiger partial charge in [0.25, 0.3) is 0 Å². The van der Waals surface area contributed by atoms with Crippen molar-refractivity contribution in [3.8, 4) is 0 Å². The lowest BCUT2D eigenvalue weighted by molar-refractivity contribution is 0.599. The van der Waals surface area contributed by atoms with Gasteiger partial charge in [-0.3, -0.25) is 0 Å². The summed E-state index contributed by atoms with van der Waals surface area (Å²) in [6.45, 7) is 6.89. The van der Waals surface area contributed by atoms with Gasteiger partial charge in [0.1, 0.15) is 0 Å². The van der Waals surface area contributed by atoms with Gasteiger partial charge in [-0.05, 0) is 79.5 Å². The van der Waals surface area contributed by atoms with Crippen LogP contribution in [0.1, 0.15) is 153 Å². The average Bonchev–Trinajstić information content (AvgIpc) is 2.92. The monoisotopic (exact) mass is 505 g/mol. The molecule has 0 aliphatic rings. The number of nitrogens with one attached hydrogen (secondary N) is 1. The van der Waals surface area contributed by atoms with E-state index in [0.29, 0.717) is 0 Å². The normalized spacial score (nSPS) is 11.2. The van der Waals surface area contributed by atoms with Gasteiger partial charge >= 0.3 is 0 Å². The fourth-order valence-corrected chi connectivity index (χ4v) is 5.40. The second-order valence-electron chi connectivity index (χ2n) is 11.4. The first-order valence-corrected chi connectivity index (χ1v) is 16.2. The predicted molar refractivity (Wildman–Crippen MR) is 167 cm³/mol. The third kappa shape index (κ3) is 14.7. The van der Waals surface area contributed by atoms with Gasteiger partial charge in [0.05, 0.1) is 0 Å². The van der Waals surface area contributed by atoms with E-state index >= 15 is 0 Å². The number of hydrogen-bond donors (Lipinski definition) is 1. The van der Waals surface area contributed by atoms with Crippen molar-refractivity contribution >= 4 is 11.4 Å². The Balaban J connectivity index is 1.88. The molecule has 1 nitrogen and oxygen atoms in total. The van der Waals surface area contributed by atoms with E-state index in [0.717, 1.165) is 0 Å².